The van der Waals surface area contributed by atoms with E-state index in [4.69, 9.17) is 4.52 Å². The number of hydrogen-bond acceptors (Lipinski definition) is 5. The Hall–Kier alpha value is -3.17. The lowest BCUT2D eigenvalue weighted by atomic mass is 9.98. The van der Waals surface area contributed by atoms with Crippen molar-refractivity contribution in [1.29, 1.82) is 0 Å². The number of fused-ring (bicyclic) bond motifs is 3. The highest BCUT2D eigenvalue weighted by molar-refractivity contribution is 7.89. The van der Waals surface area contributed by atoms with E-state index in [9.17, 15) is 13.2 Å². The Morgan fingerprint density at radius 1 is 1.15 bits per heavy atom. The standard InChI is InChI=1S/C25H28N4O4S/c1-4-29-22-10-6-5-9-20(22)21-14-19(11-12-23(21)29)26-25(30)18-8-7-13-28(15-18)34(31,32)24-16(2)27-33-17(24)3/h5-6,9-12,14,18H,4,7-8,13,15H2,1-3H3,(H,26,30). The van der Waals surface area contributed by atoms with Gasteiger partial charge < -0.3 is 14.4 Å². The summed E-state index contributed by atoms with van der Waals surface area (Å²) in [5, 5.41) is 9.03. The number of anilines is 1. The fourth-order valence-corrected chi connectivity index (χ4v) is 6.88. The minimum absolute atomic E-state index is 0.103. The molecule has 1 atom stereocenters. The number of benzene rings is 2. The van der Waals surface area contributed by atoms with Crippen LogP contribution in [0.5, 0.6) is 0 Å². The van der Waals surface area contributed by atoms with Crippen molar-refractivity contribution in [3.63, 3.8) is 0 Å². The molecule has 178 valence electrons. The molecular weight excluding hydrogens is 452 g/mol. The lowest BCUT2D eigenvalue weighted by Gasteiger charge is -2.31. The summed E-state index contributed by atoms with van der Waals surface area (Å²) < 4.78 is 35.1. The third-order valence-corrected chi connectivity index (χ3v) is 8.79. The highest BCUT2D eigenvalue weighted by atomic mass is 32.2. The number of nitrogens with one attached hydrogen (secondary N) is 1. The molecule has 2 aromatic heterocycles. The molecule has 1 aliphatic heterocycles. The second-order valence-corrected chi connectivity index (χ2v) is 10.7. The number of aryl methyl sites for hydroxylation is 3. The number of para-hydroxylation sites is 1. The van der Waals surface area contributed by atoms with Crippen molar-refractivity contribution in [2.75, 3.05) is 18.4 Å². The van der Waals surface area contributed by atoms with Crippen LogP contribution in [0.15, 0.2) is 51.9 Å². The second kappa shape index (κ2) is 8.56. The fourth-order valence-electron chi connectivity index (χ4n) is 5.06. The number of amides is 1. The van der Waals surface area contributed by atoms with E-state index in [1.165, 1.54) is 4.31 Å². The van der Waals surface area contributed by atoms with E-state index in [2.05, 4.69) is 34.1 Å². The molecule has 34 heavy (non-hydrogen) atoms. The Kier molecular flexibility index (Phi) is 5.69. The second-order valence-electron chi connectivity index (χ2n) is 8.84. The molecule has 0 radical (unpaired) electrons. The summed E-state index contributed by atoms with van der Waals surface area (Å²) in [6.45, 7) is 6.68. The Morgan fingerprint density at radius 3 is 2.65 bits per heavy atom. The van der Waals surface area contributed by atoms with Crippen LogP contribution in [-0.2, 0) is 21.4 Å². The SMILES string of the molecule is CCn1c2ccccc2c2cc(NC(=O)C3CCCN(S(=O)(=O)c4c(C)noc4C)C3)ccc21. The fraction of sp³-hybridized carbons (Fsp3) is 0.360. The van der Waals surface area contributed by atoms with Crippen molar-refractivity contribution in [2.24, 2.45) is 5.92 Å². The van der Waals surface area contributed by atoms with Gasteiger partial charge in [0.05, 0.1) is 5.92 Å². The predicted octanol–water partition coefficient (Wildman–Crippen LogP) is 4.46. The van der Waals surface area contributed by atoms with Gasteiger partial charge in [-0.2, -0.15) is 4.31 Å². The normalized spacial score (nSPS) is 17.4. The molecule has 1 aliphatic rings. The average molecular weight is 481 g/mol. The number of aromatic nitrogens is 2. The molecule has 3 heterocycles. The van der Waals surface area contributed by atoms with Gasteiger partial charge in [0.25, 0.3) is 0 Å². The van der Waals surface area contributed by atoms with Crippen LogP contribution < -0.4 is 5.32 Å². The van der Waals surface area contributed by atoms with Gasteiger partial charge in [-0.15, -0.1) is 0 Å². The molecule has 0 aliphatic carbocycles. The van der Waals surface area contributed by atoms with Gasteiger partial charge in [-0.25, -0.2) is 8.42 Å². The number of carbonyl (C=O) groups excluding carboxylic acids is 1. The van der Waals surface area contributed by atoms with Gasteiger partial charge in [-0.1, -0.05) is 23.4 Å². The quantitative estimate of drug-likeness (QED) is 0.455. The zero-order valence-electron chi connectivity index (χ0n) is 19.5. The van der Waals surface area contributed by atoms with Crippen LogP contribution in [0.2, 0.25) is 0 Å². The van der Waals surface area contributed by atoms with Crippen LogP contribution >= 0.6 is 0 Å². The zero-order valence-corrected chi connectivity index (χ0v) is 20.4. The number of hydrogen-bond donors (Lipinski definition) is 1. The topological polar surface area (TPSA) is 97.4 Å². The molecule has 2 aromatic carbocycles. The van der Waals surface area contributed by atoms with Crippen LogP contribution in [0.25, 0.3) is 21.8 Å². The van der Waals surface area contributed by atoms with Crippen molar-refractivity contribution in [2.45, 2.75) is 45.1 Å². The maximum absolute atomic E-state index is 13.2. The molecule has 1 unspecified atom stereocenters. The zero-order chi connectivity index (χ0) is 24.0. The highest BCUT2D eigenvalue weighted by Crippen LogP contribution is 2.32. The average Bonchev–Trinajstić information content (AvgIpc) is 3.35. The predicted molar refractivity (Wildman–Crippen MR) is 131 cm³/mol. The van der Waals surface area contributed by atoms with Gasteiger partial charge >= 0.3 is 0 Å². The molecule has 1 saturated heterocycles. The molecule has 1 amide bonds. The van der Waals surface area contributed by atoms with E-state index in [0.29, 0.717) is 30.8 Å². The summed E-state index contributed by atoms with van der Waals surface area (Å²) in [6, 6.07) is 14.2. The van der Waals surface area contributed by atoms with Gasteiger partial charge in [-0.05, 0) is 57.9 Å². The first-order valence-corrected chi connectivity index (χ1v) is 13.0. The molecule has 1 fully saturated rings. The van der Waals surface area contributed by atoms with E-state index >= 15 is 0 Å². The first-order valence-electron chi connectivity index (χ1n) is 11.6. The van der Waals surface area contributed by atoms with Crippen molar-refractivity contribution in [3.05, 3.63) is 53.9 Å². The first kappa shape index (κ1) is 22.6. The minimum atomic E-state index is -3.78. The molecule has 0 saturated carbocycles. The summed E-state index contributed by atoms with van der Waals surface area (Å²) in [5.74, 6) is -0.336. The number of carbonyl (C=O) groups is 1. The number of piperidine rings is 1. The van der Waals surface area contributed by atoms with Gasteiger partial charge in [0.1, 0.15) is 10.6 Å². The van der Waals surface area contributed by atoms with Crippen LogP contribution in [0.1, 0.15) is 31.2 Å². The molecule has 5 rings (SSSR count). The summed E-state index contributed by atoms with van der Waals surface area (Å²) in [5.41, 5.74) is 3.33. The van der Waals surface area contributed by atoms with Crippen LogP contribution in [-0.4, -0.2) is 41.4 Å². The monoisotopic (exact) mass is 480 g/mol. The Balaban J connectivity index is 1.39. The molecular formula is C25H28N4O4S. The van der Waals surface area contributed by atoms with Gasteiger partial charge in [0.2, 0.25) is 15.9 Å². The van der Waals surface area contributed by atoms with Crippen LogP contribution in [0.4, 0.5) is 5.69 Å². The summed E-state index contributed by atoms with van der Waals surface area (Å²) >= 11 is 0. The molecule has 0 bridgehead atoms. The maximum atomic E-state index is 13.2. The van der Waals surface area contributed by atoms with E-state index in [-0.39, 0.29) is 23.1 Å². The van der Waals surface area contributed by atoms with Crippen molar-refractivity contribution < 1.29 is 17.7 Å². The number of rotatable bonds is 5. The maximum Gasteiger partial charge on any atom is 0.248 e. The van der Waals surface area contributed by atoms with E-state index in [1.54, 1.807) is 13.8 Å². The van der Waals surface area contributed by atoms with Crippen molar-refractivity contribution >= 4 is 43.4 Å². The van der Waals surface area contributed by atoms with E-state index in [0.717, 1.165) is 28.4 Å². The minimum Gasteiger partial charge on any atom is -0.360 e. The number of sulfonamides is 1. The molecule has 9 heteroatoms. The van der Waals surface area contributed by atoms with Crippen LogP contribution in [0, 0.1) is 19.8 Å². The Bertz CT molecular complexity index is 1480. The van der Waals surface area contributed by atoms with E-state index in [1.807, 2.05) is 30.3 Å². The summed E-state index contributed by atoms with van der Waals surface area (Å²) in [4.78, 5) is 13.3. The van der Waals surface area contributed by atoms with Crippen LogP contribution in [0.3, 0.4) is 0 Å². The van der Waals surface area contributed by atoms with Gasteiger partial charge in [0.15, 0.2) is 5.76 Å². The highest BCUT2D eigenvalue weighted by Gasteiger charge is 2.36. The Morgan fingerprint density at radius 2 is 1.91 bits per heavy atom. The van der Waals surface area contributed by atoms with Gasteiger partial charge in [-0.3, -0.25) is 4.79 Å². The van der Waals surface area contributed by atoms with Crippen molar-refractivity contribution in [3.8, 4) is 0 Å². The van der Waals surface area contributed by atoms with Crippen molar-refractivity contribution in [1.82, 2.24) is 14.0 Å². The summed E-state index contributed by atoms with van der Waals surface area (Å²) in [6.07, 6.45) is 1.25. The third kappa shape index (κ3) is 3.69. The molecule has 8 nitrogen and oxygen atoms in total. The first-order chi connectivity index (χ1) is 16.3. The third-order valence-electron chi connectivity index (χ3n) is 6.68. The lowest BCUT2D eigenvalue weighted by molar-refractivity contribution is -0.120. The molecule has 1 N–H and O–H groups in total. The largest absolute Gasteiger partial charge is 0.360 e. The van der Waals surface area contributed by atoms with Gasteiger partial charge in [0, 0.05) is 47.1 Å². The number of nitrogens with zero attached hydrogens (tertiary/aromatic N) is 3. The smallest absolute Gasteiger partial charge is 0.248 e. The summed E-state index contributed by atoms with van der Waals surface area (Å²) in [7, 11) is -3.78. The lowest BCUT2D eigenvalue weighted by Crippen LogP contribution is -2.43. The molecule has 4 aromatic rings. The van der Waals surface area contributed by atoms with E-state index < -0.39 is 15.9 Å². The molecule has 0 spiro atoms. The Labute approximate surface area is 198 Å².